The molecule has 6 nitrogen and oxygen atoms in total. The first-order valence-electron chi connectivity index (χ1n) is 11.9. The van der Waals surface area contributed by atoms with Gasteiger partial charge in [0.1, 0.15) is 5.75 Å². The molecular formula is C29H29ClN2O4S. The maximum atomic E-state index is 13.6. The smallest absolute Gasteiger partial charge is 0.267 e. The summed E-state index contributed by atoms with van der Waals surface area (Å²) in [6.07, 6.45) is 2.64. The van der Waals surface area contributed by atoms with E-state index in [0.717, 1.165) is 29.0 Å². The number of nitrogens with zero attached hydrogens (tertiary/aromatic N) is 2. The van der Waals surface area contributed by atoms with E-state index in [1.54, 1.807) is 25.2 Å². The Balaban J connectivity index is 1.68. The average molecular weight is 537 g/mol. The third kappa shape index (κ3) is 6.48. The summed E-state index contributed by atoms with van der Waals surface area (Å²) in [5.41, 5.74) is 2.47. The number of para-hydroxylation sites is 1. The van der Waals surface area contributed by atoms with Gasteiger partial charge < -0.3 is 14.2 Å². The lowest BCUT2D eigenvalue weighted by Gasteiger charge is -2.17. The zero-order valence-corrected chi connectivity index (χ0v) is 22.8. The molecule has 1 amide bonds. The van der Waals surface area contributed by atoms with Crippen LogP contribution in [-0.2, 0) is 11.3 Å². The number of ether oxygens (including phenoxy) is 3. The molecule has 0 radical (unpaired) electrons. The van der Waals surface area contributed by atoms with Crippen molar-refractivity contribution in [1.29, 1.82) is 0 Å². The molecule has 1 aliphatic heterocycles. The van der Waals surface area contributed by atoms with Crippen LogP contribution in [0.2, 0.25) is 5.02 Å². The highest BCUT2D eigenvalue weighted by molar-refractivity contribution is 8.18. The van der Waals surface area contributed by atoms with E-state index in [4.69, 9.17) is 30.8 Å². The highest BCUT2D eigenvalue weighted by atomic mass is 35.5. The minimum Gasteiger partial charge on any atom is -0.497 e. The first kappa shape index (κ1) is 26.6. The highest BCUT2D eigenvalue weighted by Crippen LogP contribution is 2.40. The van der Waals surface area contributed by atoms with E-state index in [1.165, 1.54) is 11.8 Å². The summed E-state index contributed by atoms with van der Waals surface area (Å²) in [5.74, 6) is 1.64. The summed E-state index contributed by atoms with van der Waals surface area (Å²) in [6, 6.07) is 20.8. The number of amides is 1. The second kappa shape index (κ2) is 12.2. The quantitative estimate of drug-likeness (QED) is 0.268. The van der Waals surface area contributed by atoms with Crippen LogP contribution in [0.4, 0.5) is 5.69 Å². The van der Waals surface area contributed by atoms with Crippen molar-refractivity contribution in [3.8, 4) is 17.2 Å². The molecule has 192 valence electrons. The van der Waals surface area contributed by atoms with Gasteiger partial charge in [0.15, 0.2) is 16.7 Å². The number of carbonyl (C=O) groups is 1. The number of carbonyl (C=O) groups excluding carboxylic acids is 1. The van der Waals surface area contributed by atoms with Crippen molar-refractivity contribution in [2.45, 2.75) is 32.9 Å². The van der Waals surface area contributed by atoms with Crippen molar-refractivity contribution in [2.75, 3.05) is 14.2 Å². The van der Waals surface area contributed by atoms with E-state index in [2.05, 4.69) is 0 Å². The average Bonchev–Trinajstić information content (AvgIpc) is 3.19. The van der Waals surface area contributed by atoms with E-state index < -0.39 is 0 Å². The van der Waals surface area contributed by atoms with Gasteiger partial charge in [-0.2, -0.15) is 0 Å². The second-order valence-corrected chi connectivity index (χ2v) is 9.87. The number of benzene rings is 3. The first-order valence-corrected chi connectivity index (χ1v) is 13.1. The molecule has 0 spiro atoms. The van der Waals surface area contributed by atoms with Crippen LogP contribution in [0.1, 0.15) is 31.4 Å². The Bertz CT molecular complexity index is 1310. The Morgan fingerprint density at radius 2 is 1.78 bits per heavy atom. The van der Waals surface area contributed by atoms with E-state index in [0.29, 0.717) is 33.1 Å². The zero-order valence-electron chi connectivity index (χ0n) is 21.2. The normalized spacial score (nSPS) is 16.4. The first-order chi connectivity index (χ1) is 17.9. The summed E-state index contributed by atoms with van der Waals surface area (Å²) < 4.78 is 16.8. The molecule has 0 bridgehead atoms. The number of amidine groups is 1. The molecule has 3 aromatic carbocycles. The van der Waals surface area contributed by atoms with Gasteiger partial charge in [0.05, 0.1) is 42.5 Å². The number of thioether (sulfide) groups is 1. The molecule has 8 heteroatoms. The molecule has 1 fully saturated rings. The van der Waals surface area contributed by atoms with Crippen LogP contribution in [0.25, 0.3) is 6.08 Å². The van der Waals surface area contributed by atoms with Crippen LogP contribution in [0.15, 0.2) is 76.6 Å². The Labute approximate surface area is 226 Å². The van der Waals surface area contributed by atoms with Crippen molar-refractivity contribution < 1.29 is 19.0 Å². The van der Waals surface area contributed by atoms with Gasteiger partial charge in [-0.3, -0.25) is 9.69 Å². The number of hydrogen-bond acceptors (Lipinski definition) is 6. The van der Waals surface area contributed by atoms with Gasteiger partial charge >= 0.3 is 0 Å². The predicted molar refractivity (Wildman–Crippen MR) is 151 cm³/mol. The molecular weight excluding hydrogens is 508 g/mol. The highest BCUT2D eigenvalue weighted by Gasteiger charge is 2.33. The summed E-state index contributed by atoms with van der Waals surface area (Å²) in [6.45, 7) is 4.40. The molecule has 4 rings (SSSR count). The Morgan fingerprint density at radius 1 is 1.05 bits per heavy atom. The number of methoxy groups -OCH3 is 2. The fraction of sp³-hybridized carbons (Fsp3) is 0.241. The van der Waals surface area contributed by atoms with Crippen LogP contribution in [0.5, 0.6) is 17.2 Å². The number of rotatable bonds is 9. The lowest BCUT2D eigenvalue weighted by atomic mass is 10.1. The summed E-state index contributed by atoms with van der Waals surface area (Å²) in [5, 5.41) is 1.03. The molecule has 1 aliphatic rings. The van der Waals surface area contributed by atoms with E-state index >= 15 is 0 Å². The third-order valence-corrected chi connectivity index (χ3v) is 7.10. The molecule has 3 aromatic rings. The van der Waals surface area contributed by atoms with Crippen molar-refractivity contribution in [3.63, 3.8) is 0 Å². The van der Waals surface area contributed by atoms with E-state index in [-0.39, 0.29) is 12.0 Å². The fourth-order valence-electron chi connectivity index (χ4n) is 3.63. The lowest BCUT2D eigenvalue weighted by molar-refractivity contribution is -0.122. The largest absolute Gasteiger partial charge is 0.497 e. The Kier molecular flexibility index (Phi) is 8.79. The van der Waals surface area contributed by atoms with Gasteiger partial charge in [-0.25, -0.2) is 4.99 Å². The minimum atomic E-state index is -0.134. The van der Waals surface area contributed by atoms with Crippen LogP contribution in [-0.4, -0.2) is 36.3 Å². The summed E-state index contributed by atoms with van der Waals surface area (Å²) >= 11 is 7.89. The fourth-order valence-corrected chi connectivity index (χ4v) is 4.89. The molecule has 1 saturated heterocycles. The van der Waals surface area contributed by atoms with Gasteiger partial charge in [0, 0.05) is 0 Å². The van der Waals surface area contributed by atoms with Crippen LogP contribution < -0.4 is 14.2 Å². The maximum Gasteiger partial charge on any atom is 0.267 e. The maximum absolute atomic E-state index is 13.6. The number of hydrogen-bond donors (Lipinski definition) is 0. The second-order valence-electron chi connectivity index (χ2n) is 8.45. The van der Waals surface area contributed by atoms with Gasteiger partial charge in [0.2, 0.25) is 0 Å². The number of halogens is 1. The molecule has 0 N–H and O–H groups in total. The number of aliphatic imine (C=N–C) groups is 1. The van der Waals surface area contributed by atoms with Gasteiger partial charge in [-0.15, -0.1) is 0 Å². The molecule has 37 heavy (non-hydrogen) atoms. The van der Waals surface area contributed by atoms with Crippen LogP contribution >= 0.6 is 23.4 Å². The molecule has 0 saturated carbocycles. The molecule has 0 unspecified atom stereocenters. The van der Waals surface area contributed by atoms with Crippen LogP contribution in [0, 0.1) is 0 Å². The van der Waals surface area contributed by atoms with E-state index in [1.807, 2.05) is 80.6 Å². The lowest BCUT2D eigenvalue weighted by Crippen LogP contribution is -2.28. The SMILES string of the molecule is CC[C@@H](C)Oc1c(Cl)cc(/C=C2\SC(=Nc3ccccc3)N(Cc3ccc(OC)cc3)C2=O)cc1OC. The predicted octanol–water partition coefficient (Wildman–Crippen LogP) is 7.34. The van der Waals surface area contributed by atoms with Gasteiger partial charge in [-0.05, 0) is 78.7 Å². The monoisotopic (exact) mass is 536 g/mol. The molecule has 0 aromatic heterocycles. The van der Waals surface area contributed by atoms with Crippen molar-refractivity contribution >= 4 is 46.2 Å². The van der Waals surface area contributed by atoms with Gasteiger partial charge in [0.25, 0.3) is 5.91 Å². The molecule has 1 atom stereocenters. The standard InChI is InChI=1S/C29H29ClN2O4S/c1-5-19(2)36-27-24(30)15-21(16-25(27)35-4)17-26-28(33)32(18-20-11-13-23(34-3)14-12-20)29(37-26)31-22-9-7-6-8-10-22/h6-17,19H,5,18H2,1-4H3/b26-17-,31-29?/t19-/m1/s1. The minimum absolute atomic E-state index is 0.00848. The van der Waals surface area contributed by atoms with Gasteiger partial charge in [-0.1, -0.05) is 48.9 Å². The topological polar surface area (TPSA) is 60.4 Å². The third-order valence-electron chi connectivity index (χ3n) is 5.81. The zero-order chi connectivity index (χ0) is 26.4. The molecule has 1 heterocycles. The van der Waals surface area contributed by atoms with Crippen molar-refractivity contribution in [2.24, 2.45) is 4.99 Å². The van der Waals surface area contributed by atoms with Crippen molar-refractivity contribution in [1.82, 2.24) is 4.90 Å². The van der Waals surface area contributed by atoms with Crippen molar-refractivity contribution in [3.05, 3.63) is 87.8 Å². The summed E-state index contributed by atoms with van der Waals surface area (Å²) in [4.78, 5) is 20.6. The van der Waals surface area contributed by atoms with Crippen LogP contribution in [0.3, 0.4) is 0 Å². The molecule has 0 aliphatic carbocycles. The van der Waals surface area contributed by atoms with E-state index in [9.17, 15) is 4.79 Å². The Hall–Kier alpha value is -3.42. The Morgan fingerprint density at radius 3 is 2.43 bits per heavy atom. The summed E-state index contributed by atoms with van der Waals surface area (Å²) in [7, 11) is 3.20.